The van der Waals surface area contributed by atoms with Crippen LogP contribution in [0.15, 0.2) is 67.1 Å². The Hall–Kier alpha value is -3.47. The van der Waals surface area contributed by atoms with E-state index in [4.69, 9.17) is 0 Å². The van der Waals surface area contributed by atoms with Crippen molar-refractivity contribution in [2.45, 2.75) is 0 Å². The summed E-state index contributed by atoms with van der Waals surface area (Å²) in [6.07, 6.45) is 5.32. The zero-order valence-electron chi connectivity index (χ0n) is 13.5. The van der Waals surface area contributed by atoms with Crippen molar-refractivity contribution in [3.63, 3.8) is 0 Å². The van der Waals surface area contributed by atoms with Gasteiger partial charge in [0.05, 0.1) is 17.3 Å². The predicted molar refractivity (Wildman–Crippen MR) is 96.3 cm³/mol. The van der Waals surface area contributed by atoms with Gasteiger partial charge in [0.1, 0.15) is 0 Å². The van der Waals surface area contributed by atoms with Gasteiger partial charge in [0.25, 0.3) is 0 Å². The Labute approximate surface area is 144 Å². The van der Waals surface area contributed by atoms with E-state index in [1.807, 2.05) is 61.9 Å². The third-order valence-electron chi connectivity index (χ3n) is 4.23. The number of carboxylic acids is 1. The minimum atomic E-state index is -0.948. The number of aromatic nitrogens is 3. The van der Waals surface area contributed by atoms with Gasteiger partial charge in [-0.15, -0.1) is 0 Å². The van der Waals surface area contributed by atoms with E-state index in [1.54, 1.807) is 4.68 Å². The highest BCUT2D eigenvalue weighted by molar-refractivity contribution is 6.03. The largest absolute Gasteiger partial charge is 0.478 e. The quantitative estimate of drug-likeness (QED) is 0.617. The molecule has 0 unspecified atom stereocenters. The first-order valence-electron chi connectivity index (χ1n) is 7.83. The van der Waals surface area contributed by atoms with Crippen molar-refractivity contribution in [2.24, 2.45) is 7.05 Å². The summed E-state index contributed by atoms with van der Waals surface area (Å²) in [5.74, 6) is -0.948. The Morgan fingerprint density at radius 2 is 1.64 bits per heavy atom. The topological polar surface area (TPSA) is 68.0 Å². The van der Waals surface area contributed by atoms with Crippen LogP contribution in [0.25, 0.3) is 33.2 Å². The van der Waals surface area contributed by atoms with Crippen LogP contribution in [0.1, 0.15) is 10.4 Å². The van der Waals surface area contributed by atoms with Crippen molar-refractivity contribution in [3.05, 3.63) is 72.7 Å². The highest BCUT2D eigenvalue weighted by atomic mass is 16.4. The van der Waals surface area contributed by atoms with Crippen molar-refractivity contribution in [2.75, 3.05) is 0 Å². The van der Waals surface area contributed by atoms with E-state index in [9.17, 15) is 9.90 Å². The molecule has 2 aromatic carbocycles. The molecule has 5 heteroatoms. The summed E-state index contributed by atoms with van der Waals surface area (Å²) >= 11 is 0. The van der Waals surface area contributed by atoms with Gasteiger partial charge in [-0.2, -0.15) is 5.10 Å². The zero-order valence-corrected chi connectivity index (χ0v) is 13.5. The first-order chi connectivity index (χ1) is 12.1. The molecular formula is C20H15N3O2. The highest BCUT2D eigenvalue weighted by Gasteiger charge is 2.10. The lowest BCUT2D eigenvalue weighted by molar-refractivity contribution is 0.0699. The number of benzene rings is 2. The van der Waals surface area contributed by atoms with Gasteiger partial charge in [0, 0.05) is 30.4 Å². The van der Waals surface area contributed by atoms with Crippen molar-refractivity contribution in [1.82, 2.24) is 14.8 Å². The van der Waals surface area contributed by atoms with Crippen LogP contribution >= 0.6 is 0 Å². The summed E-state index contributed by atoms with van der Waals surface area (Å²) in [6, 6.07) is 15.4. The molecule has 0 bridgehead atoms. The van der Waals surface area contributed by atoms with Crippen LogP contribution in [-0.4, -0.2) is 25.8 Å². The monoisotopic (exact) mass is 329 g/mol. The molecule has 0 atom stereocenters. The number of pyridine rings is 1. The molecule has 4 aromatic rings. The average Bonchev–Trinajstić information content (AvgIpc) is 3.07. The Kier molecular flexibility index (Phi) is 3.54. The zero-order chi connectivity index (χ0) is 17.4. The fraction of sp³-hybridized carbons (Fsp3) is 0.0500. The average molecular weight is 329 g/mol. The molecule has 0 aliphatic carbocycles. The Bertz CT molecular complexity index is 1080. The lowest BCUT2D eigenvalue weighted by Crippen LogP contribution is -1.98. The fourth-order valence-corrected chi connectivity index (χ4v) is 2.94. The molecule has 5 nitrogen and oxygen atoms in total. The molecule has 0 fully saturated rings. The predicted octanol–water partition coefficient (Wildman–Crippen LogP) is 4.00. The van der Waals surface area contributed by atoms with Crippen LogP contribution in [0.2, 0.25) is 0 Å². The molecule has 1 N–H and O–H groups in total. The molecule has 0 saturated carbocycles. The summed E-state index contributed by atoms with van der Waals surface area (Å²) in [7, 11) is 1.89. The first-order valence-corrected chi connectivity index (χ1v) is 7.83. The summed E-state index contributed by atoms with van der Waals surface area (Å²) < 4.78 is 1.77. The molecule has 122 valence electrons. The molecule has 0 aliphatic rings. The molecule has 0 radical (unpaired) electrons. The maximum Gasteiger partial charge on any atom is 0.336 e. The number of fused-ring (bicyclic) bond motifs is 1. The number of rotatable bonds is 3. The summed E-state index contributed by atoms with van der Waals surface area (Å²) in [5, 5.41) is 14.2. The SMILES string of the molecule is Cn1cc(-c2ccc(-c3ccc4nccc(C(=O)O)c4c3)cc2)cn1. The fourth-order valence-electron chi connectivity index (χ4n) is 2.94. The molecule has 4 rings (SSSR count). The van der Waals surface area contributed by atoms with Crippen molar-refractivity contribution in [3.8, 4) is 22.3 Å². The second kappa shape index (κ2) is 5.87. The van der Waals surface area contributed by atoms with Gasteiger partial charge in [-0.3, -0.25) is 9.67 Å². The van der Waals surface area contributed by atoms with Gasteiger partial charge in [-0.1, -0.05) is 30.3 Å². The van der Waals surface area contributed by atoms with Gasteiger partial charge >= 0.3 is 5.97 Å². The highest BCUT2D eigenvalue weighted by Crippen LogP contribution is 2.28. The van der Waals surface area contributed by atoms with Crippen molar-refractivity contribution >= 4 is 16.9 Å². The normalized spacial score (nSPS) is 10.9. The summed E-state index contributed by atoms with van der Waals surface area (Å²) in [5.41, 5.74) is 5.07. The van der Waals surface area contributed by atoms with E-state index < -0.39 is 5.97 Å². The number of aryl methyl sites for hydroxylation is 1. The summed E-state index contributed by atoms with van der Waals surface area (Å²) in [6.45, 7) is 0. The van der Waals surface area contributed by atoms with Gasteiger partial charge in [-0.05, 0) is 34.9 Å². The maximum absolute atomic E-state index is 11.4. The Morgan fingerprint density at radius 3 is 2.28 bits per heavy atom. The van der Waals surface area contributed by atoms with Crippen molar-refractivity contribution in [1.29, 1.82) is 0 Å². The smallest absolute Gasteiger partial charge is 0.336 e. The molecule has 0 spiro atoms. The number of hydrogen-bond acceptors (Lipinski definition) is 3. The summed E-state index contributed by atoms with van der Waals surface area (Å²) in [4.78, 5) is 15.7. The number of carbonyl (C=O) groups is 1. The van der Waals surface area contributed by atoms with E-state index in [0.29, 0.717) is 10.9 Å². The van der Waals surface area contributed by atoms with Crippen LogP contribution in [0, 0.1) is 0 Å². The van der Waals surface area contributed by atoms with Crippen LogP contribution in [0.5, 0.6) is 0 Å². The second-order valence-electron chi connectivity index (χ2n) is 5.88. The molecule has 0 aliphatic heterocycles. The van der Waals surface area contributed by atoms with E-state index >= 15 is 0 Å². The van der Waals surface area contributed by atoms with Crippen LogP contribution in [-0.2, 0) is 7.05 Å². The van der Waals surface area contributed by atoms with Crippen LogP contribution < -0.4 is 0 Å². The van der Waals surface area contributed by atoms with E-state index in [-0.39, 0.29) is 5.56 Å². The standard InChI is InChI=1S/C20H15N3O2/c1-23-12-16(11-22-23)14-4-2-13(3-5-14)15-6-7-19-18(10-15)17(20(24)25)8-9-21-19/h2-12H,1H3,(H,24,25). The minimum Gasteiger partial charge on any atom is -0.478 e. The molecule has 0 saturated heterocycles. The number of carboxylic acid groups (broad SMARTS) is 1. The minimum absolute atomic E-state index is 0.263. The molecular weight excluding hydrogens is 314 g/mol. The first kappa shape index (κ1) is 15.1. The van der Waals surface area contributed by atoms with Gasteiger partial charge < -0.3 is 5.11 Å². The van der Waals surface area contributed by atoms with E-state index in [2.05, 4.69) is 10.1 Å². The van der Waals surface area contributed by atoms with Crippen LogP contribution in [0.3, 0.4) is 0 Å². The van der Waals surface area contributed by atoms with Crippen LogP contribution in [0.4, 0.5) is 0 Å². The number of nitrogens with zero attached hydrogens (tertiary/aromatic N) is 3. The lowest BCUT2D eigenvalue weighted by atomic mass is 9.99. The van der Waals surface area contributed by atoms with Gasteiger partial charge in [0.15, 0.2) is 0 Å². The third kappa shape index (κ3) is 2.76. The van der Waals surface area contributed by atoms with E-state index in [1.165, 1.54) is 12.3 Å². The lowest BCUT2D eigenvalue weighted by Gasteiger charge is -2.07. The van der Waals surface area contributed by atoms with Crippen molar-refractivity contribution < 1.29 is 9.90 Å². The maximum atomic E-state index is 11.4. The van der Waals surface area contributed by atoms with Gasteiger partial charge in [-0.25, -0.2) is 4.79 Å². The molecule has 25 heavy (non-hydrogen) atoms. The number of hydrogen-bond donors (Lipinski definition) is 1. The Balaban J connectivity index is 1.76. The number of aromatic carboxylic acids is 1. The Morgan fingerprint density at radius 1 is 0.960 bits per heavy atom. The van der Waals surface area contributed by atoms with Gasteiger partial charge in [0.2, 0.25) is 0 Å². The molecule has 0 amide bonds. The van der Waals surface area contributed by atoms with E-state index in [0.717, 1.165) is 22.3 Å². The molecule has 2 aromatic heterocycles. The second-order valence-corrected chi connectivity index (χ2v) is 5.88. The third-order valence-corrected chi connectivity index (χ3v) is 4.23. The molecule has 2 heterocycles.